The number of carbonyl (C=O) groups excluding carboxylic acids is 1. The quantitative estimate of drug-likeness (QED) is 0.848. The highest BCUT2D eigenvalue weighted by Crippen LogP contribution is 2.40. The van der Waals surface area contributed by atoms with Crippen molar-refractivity contribution in [1.82, 2.24) is 19.8 Å². The van der Waals surface area contributed by atoms with Gasteiger partial charge in [-0.1, -0.05) is 25.0 Å². The summed E-state index contributed by atoms with van der Waals surface area (Å²) >= 11 is 0. The number of rotatable bonds is 6. The Labute approximate surface area is 161 Å². The van der Waals surface area contributed by atoms with Crippen LogP contribution in [-0.4, -0.2) is 33.4 Å². The molecule has 1 aliphatic heterocycles. The van der Waals surface area contributed by atoms with E-state index in [0.717, 1.165) is 30.8 Å². The first kappa shape index (κ1) is 18.2. The molecule has 1 aromatic carbocycles. The van der Waals surface area contributed by atoms with E-state index in [4.69, 9.17) is 0 Å². The summed E-state index contributed by atoms with van der Waals surface area (Å²) in [4.78, 5) is 19.9. The van der Waals surface area contributed by atoms with Crippen LogP contribution in [0.25, 0.3) is 0 Å². The summed E-state index contributed by atoms with van der Waals surface area (Å²) in [6.45, 7) is 3.27. The lowest BCUT2D eigenvalue weighted by atomic mass is 10.1. The Balaban J connectivity index is 1.44. The minimum absolute atomic E-state index is 0.00626. The van der Waals surface area contributed by atoms with Crippen LogP contribution in [0.2, 0.25) is 0 Å². The maximum Gasteiger partial charge on any atom is 0.251 e. The summed E-state index contributed by atoms with van der Waals surface area (Å²) in [5.41, 5.74) is 1.98. The molecule has 0 unspecified atom stereocenters. The van der Waals surface area contributed by atoms with Crippen molar-refractivity contribution in [1.29, 1.82) is 0 Å². The summed E-state index contributed by atoms with van der Waals surface area (Å²) in [5.74, 6) is 1.47. The van der Waals surface area contributed by atoms with Crippen LogP contribution in [0.3, 0.4) is 0 Å². The maximum atomic E-state index is 12.9. The number of nitrogens with zero attached hydrogens (tertiary/aromatic N) is 3. The Kier molecular flexibility index (Phi) is 5.58. The predicted molar refractivity (Wildman–Crippen MR) is 106 cm³/mol. The van der Waals surface area contributed by atoms with Gasteiger partial charge in [0.1, 0.15) is 5.82 Å². The average molecular weight is 367 g/mol. The molecule has 2 fully saturated rings. The van der Waals surface area contributed by atoms with E-state index in [1.54, 1.807) is 6.20 Å². The van der Waals surface area contributed by atoms with Crippen LogP contribution in [0.1, 0.15) is 66.3 Å². The molecule has 1 aromatic heterocycles. The Morgan fingerprint density at radius 1 is 1.22 bits per heavy atom. The van der Waals surface area contributed by atoms with E-state index in [2.05, 4.69) is 27.3 Å². The lowest BCUT2D eigenvalue weighted by Crippen LogP contribution is -2.31. The average Bonchev–Trinajstić information content (AvgIpc) is 3.46. The van der Waals surface area contributed by atoms with Gasteiger partial charge in [0.25, 0.3) is 5.91 Å². The minimum Gasteiger partial charge on any atom is -0.342 e. The van der Waals surface area contributed by atoms with Gasteiger partial charge >= 0.3 is 0 Å². The van der Waals surface area contributed by atoms with Crippen LogP contribution >= 0.6 is 0 Å². The Morgan fingerprint density at radius 3 is 2.67 bits per heavy atom. The van der Waals surface area contributed by atoms with Gasteiger partial charge in [-0.3, -0.25) is 9.69 Å². The first-order valence-corrected chi connectivity index (χ1v) is 10.3. The van der Waals surface area contributed by atoms with Crippen molar-refractivity contribution < 1.29 is 4.79 Å². The minimum atomic E-state index is 0.00626. The summed E-state index contributed by atoms with van der Waals surface area (Å²) in [7, 11) is 1.99. The number of imidazole rings is 1. The molecule has 1 saturated carbocycles. The van der Waals surface area contributed by atoms with Gasteiger partial charge in [-0.2, -0.15) is 0 Å². The lowest BCUT2D eigenvalue weighted by molar-refractivity contribution is 0.0928. The van der Waals surface area contributed by atoms with E-state index >= 15 is 0 Å². The van der Waals surface area contributed by atoms with Crippen LogP contribution in [0.4, 0.5) is 0 Å². The van der Waals surface area contributed by atoms with Gasteiger partial charge in [0.05, 0.1) is 6.04 Å². The number of benzene rings is 1. The second-order valence-corrected chi connectivity index (χ2v) is 8.08. The lowest BCUT2D eigenvalue weighted by Gasteiger charge is -2.21. The summed E-state index contributed by atoms with van der Waals surface area (Å²) < 4.78 is 2.01. The standard InChI is InChI=1S/C22H30N4O/c1-25-14-11-23-21(25)20(18-9-10-18)24-22(27)19-8-6-7-17(15-19)16-26-12-4-2-3-5-13-26/h6-8,11,14-15,18,20H,2-5,9-10,12-13,16H2,1H3,(H,24,27)/t20-/m0/s1. The fourth-order valence-corrected chi connectivity index (χ4v) is 4.09. The van der Waals surface area contributed by atoms with Crippen molar-refractivity contribution in [2.75, 3.05) is 13.1 Å². The number of aromatic nitrogens is 2. The monoisotopic (exact) mass is 366 g/mol. The van der Waals surface area contributed by atoms with Gasteiger partial charge in [0, 0.05) is 31.5 Å². The maximum absolute atomic E-state index is 12.9. The molecule has 5 heteroatoms. The number of carbonyl (C=O) groups is 1. The van der Waals surface area contributed by atoms with E-state index in [-0.39, 0.29) is 11.9 Å². The van der Waals surface area contributed by atoms with Crippen LogP contribution in [0.15, 0.2) is 36.7 Å². The molecule has 1 aliphatic carbocycles. The third-order valence-electron chi connectivity index (χ3n) is 5.81. The molecule has 0 radical (unpaired) electrons. The number of likely N-dealkylation sites (tertiary alicyclic amines) is 1. The van der Waals surface area contributed by atoms with Gasteiger partial charge in [-0.05, 0) is 62.4 Å². The smallest absolute Gasteiger partial charge is 0.251 e. The van der Waals surface area contributed by atoms with Crippen LogP contribution in [-0.2, 0) is 13.6 Å². The zero-order valence-electron chi connectivity index (χ0n) is 16.2. The molecule has 144 valence electrons. The fourth-order valence-electron chi connectivity index (χ4n) is 4.09. The van der Waals surface area contributed by atoms with Crippen molar-refractivity contribution in [3.8, 4) is 0 Å². The second kappa shape index (κ2) is 8.26. The molecule has 1 atom stereocenters. The largest absolute Gasteiger partial charge is 0.342 e. The van der Waals surface area contributed by atoms with E-state index in [1.165, 1.54) is 44.3 Å². The van der Waals surface area contributed by atoms with Crippen molar-refractivity contribution in [3.05, 3.63) is 53.6 Å². The highest BCUT2D eigenvalue weighted by atomic mass is 16.1. The van der Waals surface area contributed by atoms with E-state index in [1.807, 2.05) is 29.9 Å². The molecule has 1 N–H and O–H groups in total. The van der Waals surface area contributed by atoms with E-state index < -0.39 is 0 Å². The third-order valence-corrected chi connectivity index (χ3v) is 5.81. The number of amides is 1. The summed E-state index contributed by atoms with van der Waals surface area (Å²) in [5, 5.41) is 3.24. The first-order chi connectivity index (χ1) is 13.2. The molecular formula is C22H30N4O. The SMILES string of the molecule is Cn1ccnc1[C@@H](NC(=O)c1cccc(CN2CCCCCC2)c1)C1CC1. The number of aryl methyl sites for hydroxylation is 1. The van der Waals surface area contributed by atoms with Gasteiger partial charge in [0.15, 0.2) is 0 Å². The highest BCUT2D eigenvalue weighted by molar-refractivity contribution is 5.94. The van der Waals surface area contributed by atoms with E-state index in [0.29, 0.717) is 5.92 Å². The van der Waals surface area contributed by atoms with Crippen molar-refractivity contribution in [2.24, 2.45) is 13.0 Å². The third kappa shape index (κ3) is 4.59. The molecule has 0 spiro atoms. The number of nitrogens with one attached hydrogen (secondary N) is 1. The van der Waals surface area contributed by atoms with E-state index in [9.17, 15) is 4.79 Å². The number of hydrogen-bond donors (Lipinski definition) is 1. The molecule has 4 rings (SSSR count). The highest BCUT2D eigenvalue weighted by Gasteiger charge is 2.35. The predicted octanol–water partition coefficient (Wildman–Crippen LogP) is 3.68. The molecule has 2 aromatic rings. The zero-order valence-corrected chi connectivity index (χ0v) is 16.2. The Morgan fingerprint density at radius 2 is 2.00 bits per heavy atom. The molecule has 27 heavy (non-hydrogen) atoms. The molecular weight excluding hydrogens is 336 g/mol. The van der Waals surface area contributed by atoms with Gasteiger partial charge in [0.2, 0.25) is 0 Å². The van der Waals surface area contributed by atoms with Gasteiger partial charge in [-0.25, -0.2) is 4.98 Å². The summed E-state index contributed by atoms with van der Waals surface area (Å²) in [6.07, 6.45) is 11.3. The Bertz CT molecular complexity index is 772. The van der Waals surface area contributed by atoms with Gasteiger partial charge < -0.3 is 9.88 Å². The second-order valence-electron chi connectivity index (χ2n) is 8.08. The normalized spacial score (nSPS) is 19.4. The molecule has 0 bridgehead atoms. The van der Waals surface area contributed by atoms with Crippen molar-refractivity contribution in [2.45, 2.75) is 51.1 Å². The topological polar surface area (TPSA) is 50.2 Å². The molecule has 1 saturated heterocycles. The molecule has 2 heterocycles. The Hall–Kier alpha value is -2.14. The number of hydrogen-bond acceptors (Lipinski definition) is 3. The summed E-state index contributed by atoms with van der Waals surface area (Å²) in [6, 6.07) is 8.13. The van der Waals surface area contributed by atoms with Gasteiger partial charge in [-0.15, -0.1) is 0 Å². The van der Waals surface area contributed by atoms with Crippen molar-refractivity contribution in [3.63, 3.8) is 0 Å². The zero-order chi connectivity index (χ0) is 18.6. The molecule has 2 aliphatic rings. The molecule has 1 amide bonds. The van der Waals surface area contributed by atoms with Crippen LogP contribution in [0.5, 0.6) is 0 Å². The van der Waals surface area contributed by atoms with Crippen molar-refractivity contribution >= 4 is 5.91 Å². The fraction of sp³-hybridized carbons (Fsp3) is 0.545. The van der Waals surface area contributed by atoms with Crippen LogP contribution < -0.4 is 5.32 Å². The molecule has 5 nitrogen and oxygen atoms in total. The van der Waals surface area contributed by atoms with Crippen LogP contribution in [0, 0.1) is 5.92 Å². The first-order valence-electron chi connectivity index (χ1n) is 10.3.